The minimum atomic E-state index is 0.120. The maximum Gasteiger partial charge on any atom is 0.259 e. The first-order valence-electron chi connectivity index (χ1n) is 7.67. The van der Waals surface area contributed by atoms with E-state index in [1.165, 1.54) is 12.8 Å². The molecule has 4 rings (SSSR count). The van der Waals surface area contributed by atoms with Crippen molar-refractivity contribution in [3.05, 3.63) is 24.2 Å². The number of carbonyl (C=O) groups is 1. The van der Waals surface area contributed by atoms with E-state index in [0.717, 1.165) is 38.2 Å². The van der Waals surface area contributed by atoms with Crippen molar-refractivity contribution >= 4 is 11.6 Å². The molecule has 0 bridgehead atoms. The van der Waals surface area contributed by atoms with Gasteiger partial charge in [0.05, 0.1) is 6.20 Å². The molecule has 2 aliphatic heterocycles. The van der Waals surface area contributed by atoms with Gasteiger partial charge in [-0.2, -0.15) is 5.10 Å². The van der Waals surface area contributed by atoms with Crippen molar-refractivity contribution in [3.8, 4) is 0 Å². The van der Waals surface area contributed by atoms with Crippen LogP contribution in [0.5, 0.6) is 0 Å². The van der Waals surface area contributed by atoms with Crippen molar-refractivity contribution in [2.24, 2.45) is 12.5 Å². The van der Waals surface area contributed by atoms with E-state index in [4.69, 9.17) is 0 Å². The Morgan fingerprint density at radius 1 is 1.38 bits per heavy atom. The Kier molecular flexibility index (Phi) is 2.82. The molecule has 0 saturated carbocycles. The van der Waals surface area contributed by atoms with Gasteiger partial charge in [-0.25, -0.2) is 4.52 Å². The van der Waals surface area contributed by atoms with Gasteiger partial charge >= 0.3 is 0 Å². The van der Waals surface area contributed by atoms with Crippen LogP contribution in [-0.2, 0) is 7.05 Å². The largest absolute Gasteiger partial charge is 0.338 e. The molecule has 0 aromatic carbocycles. The number of aryl methyl sites for hydroxylation is 1. The zero-order valence-corrected chi connectivity index (χ0v) is 12.4. The van der Waals surface area contributed by atoms with E-state index < -0.39 is 0 Å². The first-order valence-corrected chi connectivity index (χ1v) is 7.67. The van der Waals surface area contributed by atoms with Gasteiger partial charge < -0.3 is 14.8 Å². The first kappa shape index (κ1) is 12.9. The fourth-order valence-electron chi connectivity index (χ4n) is 3.86. The molecule has 2 aromatic heterocycles. The Morgan fingerprint density at radius 3 is 3.10 bits per heavy atom. The van der Waals surface area contributed by atoms with Gasteiger partial charge in [0.2, 0.25) is 0 Å². The first-order chi connectivity index (χ1) is 10.2. The molecule has 2 fully saturated rings. The molecule has 112 valence electrons. The normalized spacial score (nSPS) is 26.0. The SMILES string of the molecule is Cn1ccn2ncc(C(=O)N3CC[C@]4(CCCNC4)C3)c12. The van der Waals surface area contributed by atoms with Crippen LogP contribution in [-0.4, -0.2) is 51.2 Å². The summed E-state index contributed by atoms with van der Waals surface area (Å²) in [4.78, 5) is 14.8. The molecule has 0 unspecified atom stereocenters. The lowest BCUT2D eigenvalue weighted by Gasteiger charge is -2.33. The quantitative estimate of drug-likeness (QED) is 0.847. The summed E-state index contributed by atoms with van der Waals surface area (Å²) in [7, 11) is 1.95. The number of rotatable bonds is 1. The third-order valence-electron chi connectivity index (χ3n) is 5.05. The summed E-state index contributed by atoms with van der Waals surface area (Å²) in [5.74, 6) is 0.120. The fourth-order valence-corrected chi connectivity index (χ4v) is 3.86. The van der Waals surface area contributed by atoms with Crippen LogP contribution in [0.25, 0.3) is 5.65 Å². The summed E-state index contributed by atoms with van der Waals surface area (Å²) in [6.45, 7) is 3.90. The highest BCUT2D eigenvalue weighted by Crippen LogP contribution is 2.37. The van der Waals surface area contributed by atoms with Gasteiger partial charge in [-0.15, -0.1) is 0 Å². The van der Waals surface area contributed by atoms with Crippen LogP contribution < -0.4 is 5.32 Å². The Bertz CT molecular complexity index is 679. The summed E-state index contributed by atoms with van der Waals surface area (Å²) in [6, 6.07) is 0. The molecule has 0 radical (unpaired) electrons. The van der Waals surface area contributed by atoms with Crippen LogP contribution >= 0.6 is 0 Å². The van der Waals surface area contributed by atoms with Crippen LogP contribution in [0.15, 0.2) is 18.6 Å². The van der Waals surface area contributed by atoms with Crippen molar-refractivity contribution in [3.63, 3.8) is 0 Å². The molecular weight excluding hydrogens is 266 g/mol. The van der Waals surface area contributed by atoms with E-state index >= 15 is 0 Å². The average molecular weight is 287 g/mol. The fraction of sp³-hybridized carbons (Fsp3) is 0.600. The van der Waals surface area contributed by atoms with Gasteiger partial charge in [-0.05, 0) is 25.8 Å². The van der Waals surface area contributed by atoms with Crippen molar-refractivity contribution in [1.29, 1.82) is 0 Å². The predicted molar refractivity (Wildman–Crippen MR) is 79.2 cm³/mol. The lowest BCUT2D eigenvalue weighted by atomic mass is 9.80. The van der Waals surface area contributed by atoms with Crippen molar-refractivity contribution in [2.75, 3.05) is 26.2 Å². The molecule has 6 nitrogen and oxygen atoms in total. The molecule has 0 aliphatic carbocycles. The second-order valence-corrected chi connectivity index (χ2v) is 6.49. The van der Waals surface area contributed by atoms with E-state index in [0.29, 0.717) is 11.0 Å². The van der Waals surface area contributed by atoms with Crippen LogP contribution in [0.4, 0.5) is 0 Å². The molecule has 21 heavy (non-hydrogen) atoms. The van der Waals surface area contributed by atoms with Gasteiger partial charge in [-0.1, -0.05) is 0 Å². The minimum absolute atomic E-state index is 0.120. The molecular formula is C15H21N5O. The van der Waals surface area contributed by atoms with Crippen LogP contribution in [0.1, 0.15) is 29.6 Å². The highest BCUT2D eigenvalue weighted by Gasteiger charge is 2.41. The minimum Gasteiger partial charge on any atom is -0.338 e. The number of imidazole rings is 1. The number of hydrogen-bond acceptors (Lipinski definition) is 3. The number of piperidine rings is 1. The Hall–Kier alpha value is -1.82. The van der Waals surface area contributed by atoms with Crippen molar-refractivity contribution < 1.29 is 4.79 Å². The third kappa shape index (κ3) is 1.97. The lowest BCUT2D eigenvalue weighted by Crippen LogP contribution is -2.42. The highest BCUT2D eigenvalue weighted by molar-refractivity contribution is 6.00. The number of nitrogens with one attached hydrogen (secondary N) is 1. The smallest absolute Gasteiger partial charge is 0.259 e. The van der Waals surface area contributed by atoms with Gasteiger partial charge in [0.1, 0.15) is 11.2 Å². The van der Waals surface area contributed by atoms with Gasteiger partial charge in [-0.3, -0.25) is 4.79 Å². The number of likely N-dealkylation sites (tertiary alicyclic amines) is 1. The van der Waals surface area contributed by atoms with E-state index in [2.05, 4.69) is 10.4 Å². The molecule has 2 aromatic rings. The van der Waals surface area contributed by atoms with Crippen LogP contribution in [0, 0.1) is 5.41 Å². The lowest BCUT2D eigenvalue weighted by molar-refractivity contribution is 0.0765. The highest BCUT2D eigenvalue weighted by atomic mass is 16.2. The number of carbonyl (C=O) groups excluding carboxylic acids is 1. The third-order valence-corrected chi connectivity index (χ3v) is 5.05. The molecule has 1 amide bonds. The van der Waals surface area contributed by atoms with E-state index in [1.54, 1.807) is 10.7 Å². The van der Waals surface area contributed by atoms with Gasteiger partial charge in [0.25, 0.3) is 5.91 Å². The molecule has 2 saturated heterocycles. The number of amides is 1. The van der Waals surface area contributed by atoms with Crippen LogP contribution in [0.2, 0.25) is 0 Å². The molecule has 1 spiro atoms. The number of hydrogen-bond donors (Lipinski definition) is 1. The number of fused-ring (bicyclic) bond motifs is 1. The zero-order chi connectivity index (χ0) is 14.4. The summed E-state index contributed by atoms with van der Waals surface area (Å²) < 4.78 is 3.72. The maximum atomic E-state index is 12.8. The second-order valence-electron chi connectivity index (χ2n) is 6.49. The maximum absolute atomic E-state index is 12.8. The summed E-state index contributed by atoms with van der Waals surface area (Å²) in [5.41, 5.74) is 1.89. The van der Waals surface area contributed by atoms with Crippen molar-refractivity contribution in [1.82, 2.24) is 24.4 Å². The standard InChI is InChI=1S/C15H21N5O/c1-18-7-8-20-13(18)12(9-17-20)14(21)19-6-4-15(11-19)3-2-5-16-10-15/h7-9,16H,2-6,10-11H2,1H3/t15-/m0/s1. The summed E-state index contributed by atoms with van der Waals surface area (Å²) in [5, 5.41) is 7.76. The van der Waals surface area contributed by atoms with E-state index in [1.807, 2.05) is 28.9 Å². The number of nitrogens with zero attached hydrogens (tertiary/aromatic N) is 4. The Balaban J connectivity index is 1.59. The molecule has 4 heterocycles. The topological polar surface area (TPSA) is 54.6 Å². The van der Waals surface area contributed by atoms with Crippen LogP contribution in [0.3, 0.4) is 0 Å². The Labute approximate surface area is 123 Å². The number of aromatic nitrogens is 3. The zero-order valence-electron chi connectivity index (χ0n) is 12.4. The van der Waals surface area contributed by atoms with E-state index in [9.17, 15) is 4.79 Å². The Morgan fingerprint density at radius 2 is 2.29 bits per heavy atom. The molecule has 1 N–H and O–H groups in total. The van der Waals surface area contributed by atoms with E-state index in [-0.39, 0.29) is 5.91 Å². The van der Waals surface area contributed by atoms with Gasteiger partial charge in [0.15, 0.2) is 0 Å². The monoisotopic (exact) mass is 287 g/mol. The summed E-state index contributed by atoms with van der Waals surface area (Å²) in [6.07, 6.45) is 9.07. The van der Waals surface area contributed by atoms with Crippen molar-refractivity contribution in [2.45, 2.75) is 19.3 Å². The van der Waals surface area contributed by atoms with Gasteiger partial charge in [0, 0.05) is 44.5 Å². The predicted octanol–water partition coefficient (Wildman–Crippen LogP) is 0.889. The second kappa shape index (κ2) is 4.59. The summed E-state index contributed by atoms with van der Waals surface area (Å²) >= 11 is 0. The average Bonchev–Trinajstić information content (AvgIpc) is 3.17. The molecule has 6 heteroatoms. The molecule has 1 atom stereocenters. The molecule has 2 aliphatic rings.